The van der Waals surface area contributed by atoms with Crippen molar-refractivity contribution in [3.63, 3.8) is 0 Å². The number of hydrogen-bond acceptors (Lipinski definition) is 7. The third-order valence-electron chi connectivity index (χ3n) is 5.28. The van der Waals surface area contributed by atoms with Gasteiger partial charge in [-0.15, -0.1) is 12.4 Å². The van der Waals surface area contributed by atoms with Gasteiger partial charge in [-0.05, 0) is 25.1 Å². The number of hydrogen-bond donors (Lipinski definition) is 2. The van der Waals surface area contributed by atoms with Gasteiger partial charge < -0.3 is 10.0 Å². The van der Waals surface area contributed by atoms with Crippen molar-refractivity contribution in [2.24, 2.45) is 0 Å². The first-order valence-corrected chi connectivity index (χ1v) is 9.75. The predicted molar refractivity (Wildman–Crippen MR) is 117 cm³/mol. The van der Waals surface area contributed by atoms with E-state index in [1.54, 1.807) is 30.7 Å². The van der Waals surface area contributed by atoms with Crippen molar-refractivity contribution < 1.29 is 9.90 Å². The minimum atomic E-state index is 0. The van der Waals surface area contributed by atoms with Gasteiger partial charge in [0.05, 0.1) is 11.3 Å². The number of anilines is 1. The quantitative estimate of drug-likeness (QED) is 0.582. The zero-order valence-corrected chi connectivity index (χ0v) is 17.5. The molecule has 1 aliphatic heterocycles. The fourth-order valence-corrected chi connectivity index (χ4v) is 3.79. The van der Waals surface area contributed by atoms with E-state index in [4.69, 9.17) is 0 Å². The Kier molecular flexibility index (Phi) is 7.02. The van der Waals surface area contributed by atoms with Gasteiger partial charge in [0.1, 0.15) is 11.4 Å². The summed E-state index contributed by atoms with van der Waals surface area (Å²) < 4.78 is 0. The number of phenols is 1. The Morgan fingerprint density at radius 2 is 1.97 bits per heavy atom. The summed E-state index contributed by atoms with van der Waals surface area (Å²) in [6.45, 7) is 5.30. The van der Waals surface area contributed by atoms with Gasteiger partial charge in [0, 0.05) is 57.2 Å². The number of nitrogens with one attached hydrogen (secondary N) is 1. The molecule has 0 bridgehead atoms. The average Bonchev–Trinajstić information content (AvgIpc) is 3.23. The van der Waals surface area contributed by atoms with Crippen LogP contribution in [0.5, 0.6) is 5.75 Å². The van der Waals surface area contributed by atoms with Crippen LogP contribution in [0.3, 0.4) is 0 Å². The number of ketones is 1. The lowest BCUT2D eigenvalue weighted by atomic mass is 10.1. The van der Waals surface area contributed by atoms with Crippen LogP contribution >= 0.6 is 12.4 Å². The standard InChI is InChI=1S/C21H24N6O2.ClH/c1-15-14-26(11-12-27(15)17-5-2-3-6-19(17)29)10-7-18(28)16-13-24-25-20(16)21-22-8-4-9-23-21;/h2-6,8-9,13,15,29H,7,10-12,14H2,1H3,(H,24,25);1H. The highest BCUT2D eigenvalue weighted by atomic mass is 35.5. The van der Waals surface area contributed by atoms with Gasteiger partial charge in [-0.1, -0.05) is 12.1 Å². The monoisotopic (exact) mass is 428 g/mol. The molecule has 0 amide bonds. The first kappa shape index (κ1) is 21.7. The van der Waals surface area contributed by atoms with Crippen LogP contribution in [0, 0.1) is 0 Å². The van der Waals surface area contributed by atoms with Crippen LogP contribution in [0.2, 0.25) is 0 Å². The van der Waals surface area contributed by atoms with Crippen LogP contribution in [0.25, 0.3) is 11.5 Å². The molecule has 1 aromatic carbocycles. The summed E-state index contributed by atoms with van der Waals surface area (Å²) in [5, 5.41) is 17.0. The number of carbonyl (C=O) groups is 1. The van der Waals surface area contributed by atoms with Gasteiger partial charge >= 0.3 is 0 Å². The molecule has 158 valence electrons. The van der Waals surface area contributed by atoms with Crippen LogP contribution in [0.1, 0.15) is 23.7 Å². The van der Waals surface area contributed by atoms with E-state index < -0.39 is 0 Å². The Bertz CT molecular complexity index is 980. The van der Waals surface area contributed by atoms with Crippen molar-refractivity contribution in [3.05, 3.63) is 54.5 Å². The van der Waals surface area contributed by atoms with Gasteiger partial charge in [0.25, 0.3) is 0 Å². The first-order chi connectivity index (χ1) is 14.1. The highest BCUT2D eigenvalue weighted by Gasteiger charge is 2.26. The summed E-state index contributed by atoms with van der Waals surface area (Å²) in [5.41, 5.74) is 1.88. The van der Waals surface area contributed by atoms with Crippen LogP contribution < -0.4 is 4.90 Å². The lowest BCUT2D eigenvalue weighted by Crippen LogP contribution is -2.52. The summed E-state index contributed by atoms with van der Waals surface area (Å²) >= 11 is 0. The van der Waals surface area contributed by atoms with Crippen molar-refractivity contribution in [2.75, 3.05) is 31.1 Å². The highest BCUT2D eigenvalue weighted by Crippen LogP contribution is 2.29. The van der Waals surface area contributed by atoms with Crippen molar-refractivity contribution in [1.82, 2.24) is 25.1 Å². The molecule has 0 aliphatic carbocycles. The summed E-state index contributed by atoms with van der Waals surface area (Å²) in [6, 6.07) is 9.40. The van der Waals surface area contributed by atoms with E-state index in [1.807, 2.05) is 18.2 Å². The first-order valence-electron chi connectivity index (χ1n) is 9.75. The number of aromatic nitrogens is 4. The Hall–Kier alpha value is -2.97. The molecule has 1 unspecified atom stereocenters. The van der Waals surface area contributed by atoms with Crippen molar-refractivity contribution in [2.45, 2.75) is 19.4 Å². The molecule has 1 aliphatic rings. The maximum absolute atomic E-state index is 12.8. The summed E-state index contributed by atoms with van der Waals surface area (Å²) in [6.07, 6.45) is 5.29. The number of rotatable bonds is 6. The highest BCUT2D eigenvalue weighted by molar-refractivity contribution is 6.00. The number of aromatic amines is 1. The Labute approximate surface area is 181 Å². The van der Waals surface area contributed by atoms with Gasteiger partial charge in [0.15, 0.2) is 11.6 Å². The number of piperazine rings is 1. The normalized spacial score (nSPS) is 16.8. The fraction of sp³-hybridized carbons (Fsp3) is 0.333. The molecule has 1 saturated heterocycles. The molecule has 1 atom stereocenters. The SMILES string of the molecule is CC1CN(CCC(=O)c2c[nH]nc2-c2ncccn2)CCN1c1ccccc1O.Cl. The lowest BCUT2D eigenvalue weighted by Gasteiger charge is -2.41. The van der Waals surface area contributed by atoms with E-state index in [1.165, 1.54) is 0 Å². The second kappa shape index (κ2) is 9.69. The number of Topliss-reactive ketones (excluding diaryl/α,β-unsaturated/α-hetero) is 1. The number of H-pyrrole nitrogens is 1. The molecular formula is C21H25ClN6O2. The van der Waals surface area contributed by atoms with E-state index in [-0.39, 0.29) is 24.2 Å². The number of para-hydroxylation sites is 2. The van der Waals surface area contributed by atoms with E-state index in [9.17, 15) is 9.90 Å². The van der Waals surface area contributed by atoms with Crippen LogP contribution in [-0.4, -0.2) is 68.2 Å². The molecule has 8 nitrogen and oxygen atoms in total. The molecule has 0 saturated carbocycles. The molecule has 30 heavy (non-hydrogen) atoms. The van der Waals surface area contributed by atoms with E-state index in [0.717, 1.165) is 25.3 Å². The average molecular weight is 429 g/mol. The Morgan fingerprint density at radius 1 is 1.20 bits per heavy atom. The second-order valence-electron chi connectivity index (χ2n) is 7.22. The molecule has 3 heterocycles. The number of benzene rings is 1. The van der Waals surface area contributed by atoms with E-state index >= 15 is 0 Å². The molecule has 4 rings (SSSR count). The summed E-state index contributed by atoms with van der Waals surface area (Å²) in [7, 11) is 0. The van der Waals surface area contributed by atoms with Gasteiger partial charge in [-0.3, -0.25) is 14.8 Å². The van der Waals surface area contributed by atoms with Gasteiger partial charge in [0.2, 0.25) is 0 Å². The minimum Gasteiger partial charge on any atom is -0.506 e. The van der Waals surface area contributed by atoms with Crippen LogP contribution in [-0.2, 0) is 0 Å². The predicted octanol–water partition coefficient (Wildman–Crippen LogP) is 2.78. The minimum absolute atomic E-state index is 0. The molecule has 3 aromatic rings. The van der Waals surface area contributed by atoms with E-state index in [2.05, 4.69) is 36.9 Å². The summed E-state index contributed by atoms with van der Waals surface area (Å²) in [4.78, 5) is 25.6. The number of carbonyl (C=O) groups excluding carboxylic acids is 1. The number of aromatic hydroxyl groups is 1. The Morgan fingerprint density at radius 3 is 2.70 bits per heavy atom. The number of nitrogens with zero attached hydrogens (tertiary/aromatic N) is 5. The molecular weight excluding hydrogens is 404 g/mol. The number of halogens is 1. The topological polar surface area (TPSA) is 98.2 Å². The smallest absolute Gasteiger partial charge is 0.180 e. The van der Waals surface area contributed by atoms with Gasteiger partial charge in [-0.25, -0.2) is 9.97 Å². The van der Waals surface area contributed by atoms with Crippen molar-refractivity contribution >= 4 is 23.9 Å². The maximum atomic E-state index is 12.8. The second-order valence-corrected chi connectivity index (χ2v) is 7.22. The number of phenolic OH excluding ortho intramolecular Hbond substituents is 1. The molecule has 2 aromatic heterocycles. The Balaban J connectivity index is 0.00000256. The zero-order valence-electron chi connectivity index (χ0n) is 16.7. The molecule has 1 fully saturated rings. The van der Waals surface area contributed by atoms with Gasteiger partial charge in [-0.2, -0.15) is 5.10 Å². The molecule has 9 heteroatoms. The molecule has 0 radical (unpaired) electrons. The third kappa shape index (κ3) is 4.60. The van der Waals surface area contributed by atoms with E-state index in [0.29, 0.717) is 35.8 Å². The van der Waals surface area contributed by atoms with Crippen LogP contribution in [0.4, 0.5) is 5.69 Å². The van der Waals surface area contributed by atoms with Crippen molar-refractivity contribution in [1.29, 1.82) is 0 Å². The largest absolute Gasteiger partial charge is 0.506 e. The zero-order chi connectivity index (χ0) is 20.2. The van der Waals surface area contributed by atoms with Crippen LogP contribution in [0.15, 0.2) is 48.9 Å². The molecule has 2 N–H and O–H groups in total. The van der Waals surface area contributed by atoms with Crippen molar-refractivity contribution in [3.8, 4) is 17.3 Å². The fourth-order valence-electron chi connectivity index (χ4n) is 3.79. The summed E-state index contributed by atoms with van der Waals surface area (Å²) in [5.74, 6) is 0.776. The maximum Gasteiger partial charge on any atom is 0.180 e. The molecule has 0 spiro atoms. The lowest BCUT2D eigenvalue weighted by molar-refractivity contribution is 0.0959. The third-order valence-corrected chi connectivity index (χ3v) is 5.28.